The Labute approximate surface area is 130 Å². The molecular formula is C18H31N3. The highest BCUT2D eigenvalue weighted by Crippen LogP contribution is 2.26. The topological polar surface area (TPSA) is 28.2 Å². The zero-order chi connectivity index (χ0) is 15.1. The second-order valence-corrected chi connectivity index (χ2v) is 6.32. The highest BCUT2D eigenvalue weighted by atomic mass is 15.2. The van der Waals surface area contributed by atoms with Gasteiger partial charge in [-0.15, -0.1) is 0 Å². The van der Waals surface area contributed by atoms with Crippen LogP contribution in [0.2, 0.25) is 0 Å². The van der Waals surface area contributed by atoms with Crippen LogP contribution in [0, 0.1) is 5.92 Å². The van der Waals surface area contributed by atoms with E-state index in [0.717, 1.165) is 25.3 Å². The number of pyridine rings is 1. The third-order valence-corrected chi connectivity index (χ3v) is 4.45. The van der Waals surface area contributed by atoms with E-state index in [1.54, 1.807) is 0 Å². The van der Waals surface area contributed by atoms with Gasteiger partial charge >= 0.3 is 0 Å². The third kappa shape index (κ3) is 4.70. The zero-order valence-corrected chi connectivity index (χ0v) is 14.0. The molecule has 0 spiro atoms. The molecule has 0 aliphatic carbocycles. The van der Waals surface area contributed by atoms with E-state index in [4.69, 9.17) is 4.98 Å². The second-order valence-electron chi connectivity index (χ2n) is 6.32. The van der Waals surface area contributed by atoms with Crippen molar-refractivity contribution in [3.8, 4) is 0 Å². The fraction of sp³-hybridized carbons (Fsp3) is 0.722. The minimum atomic E-state index is 0.929. The van der Waals surface area contributed by atoms with Crippen LogP contribution < -0.4 is 10.2 Å². The molecule has 0 atom stereocenters. The first-order valence-electron chi connectivity index (χ1n) is 8.66. The molecule has 1 aliphatic rings. The summed E-state index contributed by atoms with van der Waals surface area (Å²) in [5, 5.41) is 3.26. The van der Waals surface area contributed by atoms with Gasteiger partial charge in [0.1, 0.15) is 5.82 Å². The van der Waals surface area contributed by atoms with Crippen molar-refractivity contribution in [3.05, 3.63) is 23.4 Å². The fourth-order valence-corrected chi connectivity index (χ4v) is 3.34. The molecule has 0 aromatic carbocycles. The van der Waals surface area contributed by atoms with Gasteiger partial charge < -0.3 is 10.2 Å². The van der Waals surface area contributed by atoms with Crippen molar-refractivity contribution in [1.29, 1.82) is 0 Å². The SMILES string of the molecule is CCCc1cc(CNC)cc(N2CCC(CCC)CC2)n1. The molecule has 21 heavy (non-hydrogen) atoms. The number of piperidine rings is 1. The average Bonchev–Trinajstić information content (AvgIpc) is 2.49. The highest BCUT2D eigenvalue weighted by molar-refractivity contribution is 5.43. The molecule has 1 N–H and O–H groups in total. The van der Waals surface area contributed by atoms with Gasteiger partial charge in [0.2, 0.25) is 0 Å². The maximum Gasteiger partial charge on any atom is 0.129 e. The van der Waals surface area contributed by atoms with Crippen molar-refractivity contribution in [2.45, 2.75) is 58.9 Å². The van der Waals surface area contributed by atoms with Crippen molar-refractivity contribution >= 4 is 5.82 Å². The van der Waals surface area contributed by atoms with Crippen LogP contribution in [0.25, 0.3) is 0 Å². The zero-order valence-electron chi connectivity index (χ0n) is 14.0. The molecule has 2 rings (SSSR count). The van der Waals surface area contributed by atoms with E-state index in [9.17, 15) is 0 Å². The lowest BCUT2D eigenvalue weighted by Crippen LogP contribution is -2.34. The molecule has 0 amide bonds. The molecule has 0 bridgehead atoms. The number of anilines is 1. The predicted octanol–water partition coefficient (Wildman–Crippen LogP) is 3.77. The van der Waals surface area contributed by atoms with E-state index in [-0.39, 0.29) is 0 Å². The Balaban J connectivity index is 2.07. The maximum atomic E-state index is 4.90. The Bertz CT molecular complexity index is 398. The summed E-state index contributed by atoms with van der Waals surface area (Å²) in [6, 6.07) is 4.53. The summed E-state index contributed by atoms with van der Waals surface area (Å²) in [5.74, 6) is 2.13. The van der Waals surface area contributed by atoms with E-state index in [1.807, 2.05) is 7.05 Å². The van der Waals surface area contributed by atoms with Crippen LogP contribution in [0.5, 0.6) is 0 Å². The van der Waals surface area contributed by atoms with Crippen LogP contribution in [0.15, 0.2) is 12.1 Å². The number of hydrogen-bond acceptors (Lipinski definition) is 3. The number of rotatable bonds is 7. The van der Waals surface area contributed by atoms with Gasteiger partial charge in [0.15, 0.2) is 0 Å². The molecule has 1 aromatic rings. The Morgan fingerprint density at radius 1 is 1.19 bits per heavy atom. The van der Waals surface area contributed by atoms with E-state index in [1.165, 1.54) is 55.8 Å². The van der Waals surface area contributed by atoms with Gasteiger partial charge in [0, 0.05) is 25.3 Å². The molecule has 0 saturated carbocycles. The summed E-state index contributed by atoms with van der Waals surface area (Å²) in [4.78, 5) is 7.39. The van der Waals surface area contributed by atoms with Gasteiger partial charge in [-0.1, -0.05) is 33.1 Å². The van der Waals surface area contributed by atoms with Crippen molar-refractivity contribution in [3.63, 3.8) is 0 Å². The monoisotopic (exact) mass is 289 g/mol. The van der Waals surface area contributed by atoms with Gasteiger partial charge in [-0.3, -0.25) is 0 Å². The molecule has 118 valence electrons. The van der Waals surface area contributed by atoms with E-state index < -0.39 is 0 Å². The summed E-state index contributed by atoms with van der Waals surface area (Å²) in [7, 11) is 2.01. The molecule has 1 aromatic heterocycles. The lowest BCUT2D eigenvalue weighted by molar-refractivity contribution is 0.377. The second kappa shape index (κ2) is 8.38. The average molecular weight is 289 g/mol. The van der Waals surface area contributed by atoms with Gasteiger partial charge in [-0.2, -0.15) is 0 Å². The maximum absolute atomic E-state index is 4.90. The number of aromatic nitrogens is 1. The minimum absolute atomic E-state index is 0.929. The third-order valence-electron chi connectivity index (χ3n) is 4.45. The van der Waals surface area contributed by atoms with Crippen LogP contribution >= 0.6 is 0 Å². The molecule has 1 fully saturated rings. The van der Waals surface area contributed by atoms with Crippen LogP contribution in [0.4, 0.5) is 5.82 Å². The Morgan fingerprint density at radius 3 is 2.57 bits per heavy atom. The first-order valence-corrected chi connectivity index (χ1v) is 8.66. The number of aryl methyl sites for hydroxylation is 1. The number of hydrogen-bond donors (Lipinski definition) is 1. The molecule has 0 radical (unpaired) electrons. The Hall–Kier alpha value is -1.09. The van der Waals surface area contributed by atoms with Crippen molar-refractivity contribution in [2.75, 3.05) is 25.0 Å². The smallest absolute Gasteiger partial charge is 0.129 e. The molecule has 3 heteroatoms. The summed E-state index contributed by atoms with van der Waals surface area (Å²) in [6.45, 7) is 7.80. The quantitative estimate of drug-likeness (QED) is 0.828. The normalized spacial score (nSPS) is 16.4. The van der Waals surface area contributed by atoms with Gasteiger partial charge in [-0.05, 0) is 49.9 Å². The summed E-state index contributed by atoms with van der Waals surface area (Å²) in [5.41, 5.74) is 2.61. The fourth-order valence-electron chi connectivity index (χ4n) is 3.34. The highest BCUT2D eigenvalue weighted by Gasteiger charge is 2.20. The van der Waals surface area contributed by atoms with E-state index >= 15 is 0 Å². The molecule has 0 unspecified atom stereocenters. The van der Waals surface area contributed by atoms with Crippen LogP contribution in [0.3, 0.4) is 0 Å². The van der Waals surface area contributed by atoms with Crippen LogP contribution in [-0.4, -0.2) is 25.1 Å². The number of nitrogens with one attached hydrogen (secondary N) is 1. The molecular weight excluding hydrogens is 258 g/mol. The summed E-state index contributed by atoms with van der Waals surface area (Å²) >= 11 is 0. The first-order chi connectivity index (χ1) is 10.3. The van der Waals surface area contributed by atoms with Crippen molar-refractivity contribution in [2.24, 2.45) is 5.92 Å². The van der Waals surface area contributed by atoms with Crippen molar-refractivity contribution in [1.82, 2.24) is 10.3 Å². The largest absolute Gasteiger partial charge is 0.357 e. The van der Waals surface area contributed by atoms with Crippen molar-refractivity contribution < 1.29 is 0 Å². The Morgan fingerprint density at radius 2 is 1.95 bits per heavy atom. The molecule has 1 aliphatic heterocycles. The summed E-state index contributed by atoms with van der Waals surface area (Å²) in [6.07, 6.45) is 7.61. The molecule has 3 nitrogen and oxygen atoms in total. The number of nitrogens with zero attached hydrogens (tertiary/aromatic N) is 2. The van der Waals surface area contributed by atoms with Crippen LogP contribution in [0.1, 0.15) is 57.2 Å². The molecule has 1 saturated heterocycles. The van der Waals surface area contributed by atoms with E-state index in [0.29, 0.717) is 0 Å². The first kappa shape index (κ1) is 16.3. The minimum Gasteiger partial charge on any atom is -0.357 e. The molecule has 2 heterocycles. The lowest BCUT2D eigenvalue weighted by atomic mass is 9.92. The van der Waals surface area contributed by atoms with E-state index in [2.05, 4.69) is 36.2 Å². The summed E-state index contributed by atoms with van der Waals surface area (Å²) < 4.78 is 0. The van der Waals surface area contributed by atoms with Gasteiger partial charge in [-0.25, -0.2) is 4.98 Å². The predicted molar refractivity (Wildman–Crippen MR) is 90.8 cm³/mol. The Kier molecular flexibility index (Phi) is 6.50. The standard InChI is InChI=1S/C18H31N3/c1-4-6-15-8-10-21(11-9-15)18-13-16(14-19-3)12-17(20-18)7-5-2/h12-13,15,19H,4-11,14H2,1-3H3. The lowest BCUT2D eigenvalue weighted by Gasteiger charge is -2.33. The van der Waals surface area contributed by atoms with Gasteiger partial charge in [0.05, 0.1) is 0 Å². The van der Waals surface area contributed by atoms with Gasteiger partial charge in [0.25, 0.3) is 0 Å². The van der Waals surface area contributed by atoms with Crippen LogP contribution in [-0.2, 0) is 13.0 Å².